The molecule has 4 heteroatoms. The Labute approximate surface area is 94.4 Å². The van der Waals surface area contributed by atoms with Crippen molar-refractivity contribution in [2.24, 2.45) is 16.7 Å². The molecule has 0 unspecified atom stereocenters. The molecule has 92 valence electrons. The lowest BCUT2D eigenvalue weighted by atomic mass is 9.64. The predicted octanol–water partition coefficient (Wildman–Crippen LogP) is 3.20. The average Bonchev–Trinajstić information content (AvgIpc) is 2.18. The monoisotopic (exact) mass is 232 g/mol. The van der Waals surface area contributed by atoms with Crippen molar-refractivity contribution < 1.29 is 18.4 Å². The molecule has 0 heterocycles. The minimum atomic E-state index is -1.33. The van der Waals surface area contributed by atoms with Crippen LogP contribution in [0.5, 0.6) is 0 Å². The predicted molar refractivity (Wildman–Crippen MR) is 56.1 cm³/mol. The summed E-state index contributed by atoms with van der Waals surface area (Å²) in [6.07, 6.45) is 1.83. The first kappa shape index (κ1) is 13.3. The van der Waals surface area contributed by atoms with Crippen LogP contribution < -0.4 is 0 Å². The summed E-state index contributed by atoms with van der Waals surface area (Å²) in [5, 5.41) is 0. The highest BCUT2D eigenvalue weighted by Crippen LogP contribution is 2.46. The second-order valence-corrected chi connectivity index (χ2v) is 5.60. The summed E-state index contributed by atoms with van der Waals surface area (Å²) in [7, 11) is 0. The molecule has 0 aromatic rings. The number of hydrogen-bond donors (Lipinski definition) is 0. The van der Waals surface area contributed by atoms with E-state index in [0.29, 0.717) is 25.7 Å². The van der Waals surface area contributed by atoms with Gasteiger partial charge in [0.05, 0.1) is 10.8 Å². The molecule has 1 saturated carbocycles. The van der Waals surface area contributed by atoms with Crippen LogP contribution in [0.2, 0.25) is 0 Å². The van der Waals surface area contributed by atoms with Crippen LogP contribution in [-0.4, -0.2) is 12.1 Å². The number of carbonyl (C=O) groups excluding carboxylic acids is 2. The van der Waals surface area contributed by atoms with Crippen LogP contribution in [0, 0.1) is 16.7 Å². The van der Waals surface area contributed by atoms with Crippen molar-refractivity contribution in [3.63, 3.8) is 0 Å². The van der Waals surface area contributed by atoms with Gasteiger partial charge in [-0.05, 0) is 52.4 Å². The summed E-state index contributed by atoms with van der Waals surface area (Å²) in [5.41, 5.74) is -1.94. The molecule has 0 amide bonds. The minimum absolute atomic E-state index is 0.0996. The normalized spacial score (nSPS) is 31.2. The Morgan fingerprint density at radius 2 is 1.62 bits per heavy atom. The van der Waals surface area contributed by atoms with E-state index in [2.05, 4.69) is 0 Å². The molecule has 0 aliphatic heterocycles. The van der Waals surface area contributed by atoms with Gasteiger partial charge in [-0.3, -0.25) is 9.59 Å². The molecular formula is C12H18F2O2. The van der Waals surface area contributed by atoms with Crippen molar-refractivity contribution in [1.82, 2.24) is 0 Å². The van der Waals surface area contributed by atoms with Gasteiger partial charge >= 0.3 is 12.1 Å². The van der Waals surface area contributed by atoms with Gasteiger partial charge in [0, 0.05) is 0 Å². The van der Waals surface area contributed by atoms with Crippen LogP contribution in [0.15, 0.2) is 0 Å². The zero-order valence-electron chi connectivity index (χ0n) is 9.98. The largest absolute Gasteiger partial charge is 0.307 e. The Hall–Kier alpha value is -0.800. The minimum Gasteiger partial charge on any atom is -0.261 e. The lowest BCUT2D eigenvalue weighted by molar-refractivity contribution is -0.146. The first-order chi connectivity index (χ1) is 7.20. The Balaban J connectivity index is 2.69. The van der Waals surface area contributed by atoms with Crippen LogP contribution in [0.4, 0.5) is 8.78 Å². The summed E-state index contributed by atoms with van der Waals surface area (Å²) in [6.45, 7) is 4.73. The van der Waals surface area contributed by atoms with E-state index in [1.807, 2.05) is 0 Å². The molecule has 2 nitrogen and oxygen atoms in total. The Morgan fingerprint density at radius 3 is 1.94 bits per heavy atom. The van der Waals surface area contributed by atoms with E-state index >= 15 is 0 Å². The molecule has 1 aliphatic rings. The molecule has 0 atom stereocenters. The van der Waals surface area contributed by atoms with Gasteiger partial charge in [0.1, 0.15) is 0 Å². The maximum Gasteiger partial charge on any atom is 0.307 e. The Bertz CT molecular complexity index is 302. The SMILES string of the molecule is CC1(C(=O)F)CCC(C(C)(C)C(=O)F)CC1. The van der Waals surface area contributed by atoms with Crippen LogP contribution in [0.3, 0.4) is 0 Å². The van der Waals surface area contributed by atoms with E-state index in [-0.39, 0.29) is 5.92 Å². The maximum atomic E-state index is 12.8. The van der Waals surface area contributed by atoms with Gasteiger partial charge in [-0.25, -0.2) is 0 Å². The van der Waals surface area contributed by atoms with Crippen molar-refractivity contribution in [2.75, 3.05) is 0 Å². The molecule has 0 spiro atoms. The Morgan fingerprint density at radius 1 is 1.19 bits per heavy atom. The molecule has 0 N–H and O–H groups in total. The highest BCUT2D eigenvalue weighted by atomic mass is 19.1. The molecule has 16 heavy (non-hydrogen) atoms. The van der Waals surface area contributed by atoms with Crippen molar-refractivity contribution in [2.45, 2.75) is 46.5 Å². The summed E-state index contributed by atoms with van der Waals surface area (Å²) in [5.74, 6) is -0.0996. The summed E-state index contributed by atoms with van der Waals surface area (Å²) >= 11 is 0. The number of halogens is 2. The molecule has 0 bridgehead atoms. The molecular weight excluding hydrogens is 214 g/mol. The van der Waals surface area contributed by atoms with E-state index in [9.17, 15) is 18.4 Å². The molecule has 0 radical (unpaired) electrons. The van der Waals surface area contributed by atoms with Crippen LogP contribution >= 0.6 is 0 Å². The maximum absolute atomic E-state index is 12.8. The fraction of sp³-hybridized carbons (Fsp3) is 0.833. The first-order valence-corrected chi connectivity index (χ1v) is 5.60. The van der Waals surface area contributed by atoms with Crippen molar-refractivity contribution in [3.05, 3.63) is 0 Å². The zero-order valence-corrected chi connectivity index (χ0v) is 9.98. The van der Waals surface area contributed by atoms with Gasteiger partial charge in [-0.15, -0.1) is 0 Å². The van der Waals surface area contributed by atoms with E-state index in [0.717, 1.165) is 0 Å². The van der Waals surface area contributed by atoms with Gasteiger partial charge in [-0.2, -0.15) is 8.78 Å². The van der Waals surface area contributed by atoms with Gasteiger partial charge in [0.2, 0.25) is 0 Å². The number of hydrogen-bond acceptors (Lipinski definition) is 2. The second kappa shape index (κ2) is 4.22. The summed E-state index contributed by atoms with van der Waals surface area (Å²) < 4.78 is 25.6. The highest BCUT2D eigenvalue weighted by Gasteiger charge is 2.44. The lowest BCUT2D eigenvalue weighted by Gasteiger charge is -2.39. The van der Waals surface area contributed by atoms with Gasteiger partial charge < -0.3 is 0 Å². The van der Waals surface area contributed by atoms with E-state index in [1.54, 1.807) is 20.8 Å². The average molecular weight is 232 g/mol. The van der Waals surface area contributed by atoms with E-state index < -0.39 is 22.9 Å². The number of carbonyl (C=O) groups is 2. The van der Waals surface area contributed by atoms with Gasteiger partial charge in [-0.1, -0.05) is 0 Å². The second-order valence-electron chi connectivity index (χ2n) is 5.60. The van der Waals surface area contributed by atoms with Crippen molar-refractivity contribution in [3.8, 4) is 0 Å². The topological polar surface area (TPSA) is 34.1 Å². The zero-order chi connectivity index (χ0) is 12.6. The third-order valence-corrected chi connectivity index (χ3v) is 4.09. The van der Waals surface area contributed by atoms with E-state index in [4.69, 9.17) is 0 Å². The molecule has 0 aromatic carbocycles. The van der Waals surface area contributed by atoms with Gasteiger partial charge in [0.15, 0.2) is 0 Å². The summed E-state index contributed by atoms with van der Waals surface area (Å²) in [6, 6.07) is -2.62. The third-order valence-electron chi connectivity index (χ3n) is 4.09. The van der Waals surface area contributed by atoms with E-state index in [1.165, 1.54) is 0 Å². The van der Waals surface area contributed by atoms with Crippen molar-refractivity contribution in [1.29, 1.82) is 0 Å². The number of rotatable bonds is 3. The first-order valence-electron chi connectivity index (χ1n) is 5.60. The van der Waals surface area contributed by atoms with Gasteiger partial charge in [0.25, 0.3) is 0 Å². The molecule has 0 saturated heterocycles. The third kappa shape index (κ3) is 2.30. The fourth-order valence-corrected chi connectivity index (χ4v) is 2.33. The molecule has 1 aliphatic carbocycles. The van der Waals surface area contributed by atoms with Crippen LogP contribution in [0.1, 0.15) is 46.5 Å². The van der Waals surface area contributed by atoms with Crippen LogP contribution in [-0.2, 0) is 9.59 Å². The highest BCUT2D eigenvalue weighted by molar-refractivity contribution is 5.76. The lowest BCUT2D eigenvalue weighted by Crippen LogP contribution is -2.38. The smallest absolute Gasteiger partial charge is 0.261 e. The summed E-state index contributed by atoms with van der Waals surface area (Å²) in [4.78, 5) is 21.7. The molecule has 0 aromatic heterocycles. The molecule has 1 rings (SSSR count). The molecule has 1 fully saturated rings. The fourth-order valence-electron chi connectivity index (χ4n) is 2.33. The van der Waals surface area contributed by atoms with Crippen LogP contribution in [0.25, 0.3) is 0 Å². The standard InChI is InChI=1S/C12H18F2O2/c1-11(2,9(13)15)8-4-6-12(3,7-5-8)10(14)16/h8H,4-7H2,1-3H3. The quantitative estimate of drug-likeness (QED) is 0.700. The van der Waals surface area contributed by atoms with Crippen molar-refractivity contribution >= 4 is 12.1 Å². The Kier molecular flexibility index (Phi) is 3.50.